The third-order valence-electron chi connectivity index (χ3n) is 8.41. The van der Waals surface area contributed by atoms with Crippen LogP contribution in [0.2, 0.25) is 0 Å². The van der Waals surface area contributed by atoms with Crippen LogP contribution < -0.4 is 10.1 Å². The molecule has 1 aliphatic heterocycles. The van der Waals surface area contributed by atoms with Crippen LogP contribution in [-0.4, -0.2) is 61.1 Å². The lowest BCUT2D eigenvalue weighted by molar-refractivity contribution is 0.0940. The molecule has 1 N–H and O–H groups in total. The van der Waals surface area contributed by atoms with E-state index < -0.39 is 0 Å². The van der Waals surface area contributed by atoms with Crippen LogP contribution in [0.4, 0.5) is 0 Å². The zero-order chi connectivity index (χ0) is 29.7. The Morgan fingerprint density at radius 2 is 1.49 bits per heavy atom. The molecule has 1 fully saturated rings. The number of likely N-dealkylation sites (tertiary alicyclic amines) is 1. The van der Waals surface area contributed by atoms with Gasteiger partial charge in [-0.15, -0.1) is 0 Å². The molecule has 0 aromatic heterocycles. The number of rotatable bonds is 14. The summed E-state index contributed by atoms with van der Waals surface area (Å²) in [6, 6.07) is 39.8. The summed E-state index contributed by atoms with van der Waals surface area (Å²) < 4.78 is 6.38. The van der Waals surface area contributed by atoms with Gasteiger partial charge in [0.15, 0.2) is 0 Å². The van der Waals surface area contributed by atoms with Gasteiger partial charge in [-0.05, 0) is 60.7 Å². The second-order valence-corrected chi connectivity index (χ2v) is 11.5. The molecule has 5 rings (SSSR count). The maximum Gasteiger partial charge on any atom is 0.251 e. The molecule has 0 saturated carbocycles. The lowest BCUT2D eigenvalue weighted by atomic mass is 9.90. The number of carbonyl (C=O) groups excluding carboxylic acids is 1. The fourth-order valence-corrected chi connectivity index (χ4v) is 5.94. The van der Waals surface area contributed by atoms with Crippen LogP contribution in [0.1, 0.15) is 59.2 Å². The fourth-order valence-electron chi connectivity index (χ4n) is 5.94. The molecule has 4 aromatic rings. The van der Waals surface area contributed by atoms with Crippen molar-refractivity contribution >= 4 is 5.91 Å². The number of carbonyl (C=O) groups is 1. The van der Waals surface area contributed by atoms with E-state index in [9.17, 15) is 4.79 Å². The molecule has 5 nitrogen and oxygen atoms in total. The summed E-state index contributed by atoms with van der Waals surface area (Å²) in [6.45, 7) is 8.71. The first-order valence-electron chi connectivity index (χ1n) is 15.8. The highest BCUT2D eigenvalue weighted by molar-refractivity contribution is 5.94. The third-order valence-corrected chi connectivity index (χ3v) is 8.41. The summed E-state index contributed by atoms with van der Waals surface area (Å²) in [4.78, 5) is 17.9. The number of hydrogen-bond acceptors (Lipinski definition) is 4. The first-order chi connectivity index (χ1) is 21.2. The van der Waals surface area contributed by atoms with Gasteiger partial charge in [-0.25, -0.2) is 0 Å². The minimum atomic E-state index is -0.0424. The van der Waals surface area contributed by atoms with Crippen molar-refractivity contribution in [3.05, 3.63) is 138 Å². The molecule has 43 heavy (non-hydrogen) atoms. The molecule has 0 aliphatic carbocycles. The highest BCUT2D eigenvalue weighted by atomic mass is 16.5. The standard InChI is InChI=1S/C38H45N3O2/c1-2-40(29-31-14-6-3-7-15-31)25-13-24-39-38(42)34-20-12-21-36(28-34)43-35-22-26-41(27-23-35)30-37(32-16-8-4-9-17-32)33-18-10-5-11-19-33/h3-12,14-21,28,35,37H,2,13,22-27,29-30H2,1H3,(H,39,42). The molecule has 0 bridgehead atoms. The quantitative estimate of drug-likeness (QED) is 0.164. The summed E-state index contributed by atoms with van der Waals surface area (Å²) in [5.74, 6) is 1.08. The number of nitrogens with one attached hydrogen (secondary N) is 1. The fraction of sp³-hybridized carbons (Fsp3) is 0.342. The Morgan fingerprint density at radius 1 is 0.860 bits per heavy atom. The van der Waals surface area contributed by atoms with E-state index in [-0.39, 0.29) is 12.0 Å². The van der Waals surface area contributed by atoms with E-state index in [2.05, 4.69) is 107 Å². The number of amides is 1. The topological polar surface area (TPSA) is 44.8 Å². The first-order valence-corrected chi connectivity index (χ1v) is 15.8. The maximum atomic E-state index is 12.9. The summed E-state index contributed by atoms with van der Waals surface area (Å²) >= 11 is 0. The van der Waals surface area contributed by atoms with Gasteiger partial charge in [-0.1, -0.05) is 104 Å². The Balaban J connectivity index is 1.07. The second-order valence-electron chi connectivity index (χ2n) is 11.5. The molecule has 4 aromatic carbocycles. The molecule has 1 heterocycles. The number of hydrogen-bond donors (Lipinski definition) is 1. The Morgan fingerprint density at radius 3 is 2.12 bits per heavy atom. The van der Waals surface area contributed by atoms with Crippen molar-refractivity contribution in [3.8, 4) is 5.75 Å². The van der Waals surface area contributed by atoms with Crippen LogP contribution in [0, 0.1) is 0 Å². The molecule has 0 radical (unpaired) electrons. The van der Waals surface area contributed by atoms with Crippen molar-refractivity contribution in [1.82, 2.24) is 15.1 Å². The Bertz CT molecular complexity index is 1330. The lowest BCUT2D eigenvalue weighted by Gasteiger charge is -2.34. The molecule has 1 saturated heterocycles. The summed E-state index contributed by atoms with van der Waals surface area (Å²) in [7, 11) is 0. The van der Waals surface area contributed by atoms with Gasteiger partial charge in [-0.2, -0.15) is 0 Å². The predicted molar refractivity (Wildman–Crippen MR) is 176 cm³/mol. The first kappa shape index (κ1) is 30.5. The summed E-state index contributed by atoms with van der Waals surface area (Å²) in [5.41, 5.74) is 4.69. The van der Waals surface area contributed by atoms with Gasteiger partial charge in [-0.3, -0.25) is 9.69 Å². The van der Waals surface area contributed by atoms with Crippen LogP contribution in [0.25, 0.3) is 0 Å². The van der Waals surface area contributed by atoms with E-state index in [1.54, 1.807) is 0 Å². The third kappa shape index (κ3) is 9.28. The van der Waals surface area contributed by atoms with E-state index in [0.29, 0.717) is 18.0 Å². The Hall–Kier alpha value is -3.93. The van der Waals surface area contributed by atoms with E-state index >= 15 is 0 Å². The van der Waals surface area contributed by atoms with Crippen LogP contribution in [0.15, 0.2) is 115 Å². The van der Waals surface area contributed by atoms with E-state index in [1.807, 2.05) is 30.3 Å². The van der Waals surface area contributed by atoms with Crippen molar-refractivity contribution < 1.29 is 9.53 Å². The molecule has 1 amide bonds. The monoisotopic (exact) mass is 575 g/mol. The Labute approximate surface area is 257 Å². The molecule has 1 aliphatic rings. The minimum Gasteiger partial charge on any atom is -0.490 e. The van der Waals surface area contributed by atoms with Crippen molar-refractivity contribution in [3.63, 3.8) is 0 Å². The van der Waals surface area contributed by atoms with Crippen molar-refractivity contribution in [2.24, 2.45) is 0 Å². The minimum absolute atomic E-state index is 0.0424. The average molecular weight is 576 g/mol. The van der Waals surface area contributed by atoms with Crippen LogP contribution >= 0.6 is 0 Å². The molecule has 5 heteroatoms. The average Bonchev–Trinajstić information content (AvgIpc) is 3.07. The number of piperidine rings is 1. The molecule has 224 valence electrons. The number of ether oxygens (including phenoxy) is 1. The number of benzene rings is 4. The van der Waals surface area contributed by atoms with Gasteiger partial charge in [0.25, 0.3) is 5.91 Å². The van der Waals surface area contributed by atoms with Gasteiger partial charge in [0.2, 0.25) is 0 Å². The molecule has 0 unspecified atom stereocenters. The SMILES string of the molecule is CCN(CCCNC(=O)c1cccc(OC2CCN(CC(c3ccccc3)c3ccccc3)CC2)c1)Cc1ccccc1. The highest BCUT2D eigenvalue weighted by Crippen LogP contribution is 2.28. The van der Waals surface area contributed by atoms with Gasteiger partial charge in [0.05, 0.1) is 0 Å². The van der Waals surface area contributed by atoms with Crippen molar-refractivity contribution in [1.29, 1.82) is 0 Å². The Kier molecular flexibility index (Phi) is 11.4. The molecule has 0 spiro atoms. The molecule has 0 atom stereocenters. The smallest absolute Gasteiger partial charge is 0.251 e. The zero-order valence-corrected chi connectivity index (χ0v) is 25.4. The highest BCUT2D eigenvalue weighted by Gasteiger charge is 2.24. The molecular weight excluding hydrogens is 530 g/mol. The van der Waals surface area contributed by atoms with Crippen LogP contribution in [0.3, 0.4) is 0 Å². The number of nitrogens with zero attached hydrogens (tertiary/aromatic N) is 2. The van der Waals surface area contributed by atoms with Gasteiger partial charge < -0.3 is 15.0 Å². The zero-order valence-electron chi connectivity index (χ0n) is 25.4. The van der Waals surface area contributed by atoms with Crippen molar-refractivity contribution in [2.45, 2.75) is 44.8 Å². The van der Waals surface area contributed by atoms with Crippen molar-refractivity contribution in [2.75, 3.05) is 39.3 Å². The largest absolute Gasteiger partial charge is 0.490 e. The normalized spacial score (nSPS) is 14.2. The van der Waals surface area contributed by atoms with E-state index in [0.717, 1.165) is 64.3 Å². The summed E-state index contributed by atoms with van der Waals surface area (Å²) in [5, 5.41) is 3.10. The maximum absolute atomic E-state index is 12.9. The van der Waals surface area contributed by atoms with Gasteiger partial charge in [0.1, 0.15) is 11.9 Å². The summed E-state index contributed by atoms with van der Waals surface area (Å²) in [6.07, 6.45) is 3.02. The lowest BCUT2D eigenvalue weighted by Crippen LogP contribution is -2.40. The molecular formula is C38H45N3O2. The van der Waals surface area contributed by atoms with Gasteiger partial charge in [0, 0.05) is 50.7 Å². The van der Waals surface area contributed by atoms with E-state index in [1.165, 1.54) is 16.7 Å². The van der Waals surface area contributed by atoms with Crippen LogP contribution in [0.5, 0.6) is 5.75 Å². The van der Waals surface area contributed by atoms with Gasteiger partial charge >= 0.3 is 0 Å². The predicted octanol–water partition coefficient (Wildman–Crippen LogP) is 7.00. The second kappa shape index (κ2) is 16.1. The van der Waals surface area contributed by atoms with Crippen LogP contribution in [-0.2, 0) is 6.54 Å². The van der Waals surface area contributed by atoms with E-state index in [4.69, 9.17) is 4.74 Å².